The number of anilines is 1. The number of carbonyl (C=O) groups excluding carboxylic acids is 1. The molecule has 144 valence electrons. The van der Waals surface area contributed by atoms with Crippen LogP contribution in [0.1, 0.15) is 9.67 Å². The molecule has 1 aliphatic rings. The Morgan fingerprint density at radius 1 is 1.04 bits per heavy atom. The van der Waals surface area contributed by atoms with Crippen LogP contribution >= 0.6 is 23.1 Å². The first-order valence-corrected chi connectivity index (χ1v) is 10.1. The Kier molecular flexibility index (Phi) is 5.45. The second-order valence-corrected chi connectivity index (χ2v) is 7.63. The maximum absolute atomic E-state index is 13.0. The number of methoxy groups -OCH3 is 1. The number of hydrogen-bond acceptors (Lipinski definition) is 6. The van der Waals surface area contributed by atoms with Crippen molar-refractivity contribution in [1.82, 2.24) is 14.5 Å². The minimum absolute atomic E-state index is 0.0191. The van der Waals surface area contributed by atoms with Crippen molar-refractivity contribution in [3.05, 3.63) is 58.4 Å². The standard InChI is InChI=1S/C20H19ClN4O2S/c1-27-17-8-6-16(7-9-17)24-10-12-25(13-11-24)20(26)19-18(22-23-28-19)14-2-4-15(21)5-3-14/h2-9H,10-13H2,1H3. The Hall–Kier alpha value is -2.64. The predicted octanol–water partition coefficient (Wildman–Crippen LogP) is 3.83. The molecule has 0 N–H and O–H groups in total. The average Bonchev–Trinajstić information content (AvgIpc) is 3.24. The van der Waals surface area contributed by atoms with Gasteiger partial charge in [0, 0.05) is 42.5 Å². The van der Waals surface area contributed by atoms with E-state index in [4.69, 9.17) is 16.3 Å². The zero-order chi connectivity index (χ0) is 19.5. The average molecular weight is 415 g/mol. The van der Waals surface area contributed by atoms with Gasteiger partial charge in [-0.15, -0.1) is 5.10 Å². The molecule has 6 nitrogen and oxygen atoms in total. The van der Waals surface area contributed by atoms with Crippen LogP contribution in [0.3, 0.4) is 0 Å². The number of benzene rings is 2. The molecule has 1 aliphatic heterocycles. The number of hydrogen-bond donors (Lipinski definition) is 0. The molecular weight excluding hydrogens is 396 g/mol. The Morgan fingerprint density at radius 2 is 1.71 bits per heavy atom. The third-order valence-electron chi connectivity index (χ3n) is 4.80. The minimum atomic E-state index is -0.0191. The van der Waals surface area contributed by atoms with Crippen molar-refractivity contribution in [1.29, 1.82) is 0 Å². The summed E-state index contributed by atoms with van der Waals surface area (Å²) in [6, 6.07) is 15.3. The Bertz CT molecular complexity index is 951. The lowest BCUT2D eigenvalue weighted by Gasteiger charge is -2.36. The van der Waals surface area contributed by atoms with Gasteiger partial charge in [-0.1, -0.05) is 28.2 Å². The predicted molar refractivity (Wildman–Crippen MR) is 111 cm³/mol. The van der Waals surface area contributed by atoms with Crippen LogP contribution in [0.2, 0.25) is 5.02 Å². The van der Waals surface area contributed by atoms with Gasteiger partial charge in [0.15, 0.2) is 0 Å². The Morgan fingerprint density at radius 3 is 2.36 bits per heavy atom. The molecule has 8 heteroatoms. The third kappa shape index (κ3) is 3.81. The summed E-state index contributed by atoms with van der Waals surface area (Å²) in [5, 5.41) is 4.81. The maximum atomic E-state index is 13.0. The van der Waals surface area contributed by atoms with Crippen LogP contribution in [0, 0.1) is 0 Å². The highest BCUT2D eigenvalue weighted by Gasteiger charge is 2.26. The summed E-state index contributed by atoms with van der Waals surface area (Å²) in [5.41, 5.74) is 2.59. The van der Waals surface area contributed by atoms with Gasteiger partial charge >= 0.3 is 0 Å². The molecule has 1 amide bonds. The third-order valence-corrected chi connectivity index (χ3v) is 5.77. The molecule has 2 aromatic carbocycles. The van der Waals surface area contributed by atoms with Crippen LogP contribution < -0.4 is 9.64 Å². The molecule has 3 aromatic rings. The van der Waals surface area contributed by atoms with Crippen molar-refractivity contribution in [2.45, 2.75) is 0 Å². The number of amides is 1. The SMILES string of the molecule is COc1ccc(N2CCN(C(=O)c3snnc3-c3ccc(Cl)cc3)CC2)cc1. The van der Waals surface area contributed by atoms with Crippen LogP contribution in [-0.4, -0.2) is 53.7 Å². The molecule has 4 rings (SSSR count). The van der Waals surface area contributed by atoms with Gasteiger partial charge < -0.3 is 14.5 Å². The van der Waals surface area contributed by atoms with Gasteiger partial charge in [-0.3, -0.25) is 4.79 Å². The number of nitrogens with zero attached hydrogens (tertiary/aromatic N) is 4. The highest BCUT2D eigenvalue weighted by molar-refractivity contribution is 7.08. The maximum Gasteiger partial charge on any atom is 0.268 e. The zero-order valence-electron chi connectivity index (χ0n) is 15.3. The number of halogens is 1. The Labute approximate surface area is 172 Å². The molecule has 1 fully saturated rings. The second kappa shape index (κ2) is 8.16. The van der Waals surface area contributed by atoms with E-state index in [-0.39, 0.29) is 5.91 Å². The molecule has 1 aromatic heterocycles. The largest absolute Gasteiger partial charge is 0.497 e. The van der Waals surface area contributed by atoms with Crippen molar-refractivity contribution in [2.24, 2.45) is 0 Å². The second-order valence-electron chi connectivity index (χ2n) is 6.43. The van der Waals surface area contributed by atoms with Gasteiger partial charge in [0.05, 0.1) is 7.11 Å². The van der Waals surface area contributed by atoms with Crippen LogP contribution in [0.4, 0.5) is 5.69 Å². The van der Waals surface area contributed by atoms with E-state index in [0.29, 0.717) is 28.7 Å². The van der Waals surface area contributed by atoms with E-state index in [1.807, 2.05) is 41.3 Å². The number of ether oxygens (including phenoxy) is 1. The zero-order valence-corrected chi connectivity index (χ0v) is 16.9. The van der Waals surface area contributed by atoms with Crippen LogP contribution in [0.5, 0.6) is 5.75 Å². The quantitative estimate of drug-likeness (QED) is 0.649. The summed E-state index contributed by atoms with van der Waals surface area (Å²) >= 11 is 7.10. The molecule has 0 radical (unpaired) electrons. The summed E-state index contributed by atoms with van der Waals surface area (Å²) in [4.78, 5) is 17.8. The molecule has 2 heterocycles. The van der Waals surface area contributed by atoms with Gasteiger partial charge in [0.25, 0.3) is 5.91 Å². The van der Waals surface area contributed by atoms with E-state index in [1.165, 1.54) is 0 Å². The molecule has 0 saturated carbocycles. The fraction of sp³-hybridized carbons (Fsp3) is 0.250. The van der Waals surface area contributed by atoms with Gasteiger partial charge in [0.1, 0.15) is 16.3 Å². The van der Waals surface area contributed by atoms with Gasteiger partial charge in [-0.2, -0.15) is 0 Å². The lowest BCUT2D eigenvalue weighted by molar-refractivity contribution is 0.0752. The summed E-state index contributed by atoms with van der Waals surface area (Å²) in [5.74, 6) is 0.819. The first kappa shape index (κ1) is 18.7. The first-order chi connectivity index (χ1) is 13.7. The summed E-state index contributed by atoms with van der Waals surface area (Å²) in [6.07, 6.45) is 0. The molecule has 0 atom stereocenters. The van der Waals surface area contributed by atoms with Crippen molar-refractivity contribution >= 4 is 34.7 Å². The van der Waals surface area contributed by atoms with Gasteiger partial charge in [-0.05, 0) is 47.9 Å². The highest BCUT2D eigenvalue weighted by Crippen LogP contribution is 2.27. The number of piperazine rings is 1. The number of carbonyl (C=O) groups is 1. The van der Waals surface area contributed by atoms with Gasteiger partial charge in [0.2, 0.25) is 0 Å². The topological polar surface area (TPSA) is 58.6 Å². The summed E-state index contributed by atoms with van der Waals surface area (Å²) < 4.78 is 9.22. The minimum Gasteiger partial charge on any atom is -0.497 e. The van der Waals surface area contributed by atoms with Crippen LogP contribution in [0.25, 0.3) is 11.3 Å². The van der Waals surface area contributed by atoms with E-state index < -0.39 is 0 Å². The van der Waals surface area contributed by atoms with E-state index in [2.05, 4.69) is 14.5 Å². The van der Waals surface area contributed by atoms with E-state index >= 15 is 0 Å². The molecular formula is C20H19ClN4O2S. The van der Waals surface area contributed by atoms with E-state index in [0.717, 1.165) is 41.6 Å². The molecule has 0 aliphatic carbocycles. The van der Waals surface area contributed by atoms with Crippen LogP contribution in [-0.2, 0) is 0 Å². The van der Waals surface area contributed by atoms with E-state index in [1.54, 1.807) is 19.2 Å². The fourth-order valence-electron chi connectivity index (χ4n) is 3.23. The first-order valence-electron chi connectivity index (χ1n) is 8.92. The monoisotopic (exact) mass is 414 g/mol. The number of aromatic nitrogens is 2. The van der Waals surface area contributed by atoms with Crippen molar-refractivity contribution in [3.8, 4) is 17.0 Å². The lowest BCUT2D eigenvalue weighted by atomic mass is 10.1. The molecule has 0 bridgehead atoms. The van der Waals surface area contributed by atoms with Crippen molar-refractivity contribution < 1.29 is 9.53 Å². The van der Waals surface area contributed by atoms with Crippen LogP contribution in [0.15, 0.2) is 48.5 Å². The van der Waals surface area contributed by atoms with Crippen molar-refractivity contribution in [3.63, 3.8) is 0 Å². The molecule has 28 heavy (non-hydrogen) atoms. The smallest absolute Gasteiger partial charge is 0.268 e. The molecule has 0 spiro atoms. The lowest BCUT2D eigenvalue weighted by Crippen LogP contribution is -2.48. The summed E-state index contributed by atoms with van der Waals surface area (Å²) in [7, 11) is 1.66. The normalized spacial score (nSPS) is 14.2. The van der Waals surface area contributed by atoms with E-state index in [9.17, 15) is 4.79 Å². The summed E-state index contributed by atoms with van der Waals surface area (Å²) in [6.45, 7) is 2.87. The molecule has 1 saturated heterocycles. The fourth-order valence-corrected chi connectivity index (χ4v) is 4.01. The molecule has 0 unspecified atom stereocenters. The number of rotatable bonds is 4. The van der Waals surface area contributed by atoms with Crippen molar-refractivity contribution in [2.75, 3.05) is 38.2 Å². The van der Waals surface area contributed by atoms with Gasteiger partial charge in [-0.25, -0.2) is 0 Å². The Balaban J connectivity index is 1.44. The highest BCUT2D eigenvalue weighted by atomic mass is 35.5.